The zero-order valence-electron chi connectivity index (χ0n) is 21.4. The second-order valence-corrected chi connectivity index (χ2v) is 10.5. The monoisotopic (exact) mass is 459 g/mol. The van der Waals surface area contributed by atoms with Crippen molar-refractivity contribution < 1.29 is 4.57 Å². The van der Waals surface area contributed by atoms with Crippen molar-refractivity contribution in [2.45, 2.75) is 58.8 Å². The normalized spacial score (nSPS) is 19.4. The van der Waals surface area contributed by atoms with Crippen molar-refractivity contribution in [2.75, 3.05) is 0 Å². The van der Waals surface area contributed by atoms with E-state index in [-0.39, 0.29) is 5.41 Å². The van der Waals surface area contributed by atoms with E-state index in [9.17, 15) is 0 Å². The number of para-hydroxylation sites is 1. The fraction of sp³-hybridized carbons (Fsp3) is 0.303. The van der Waals surface area contributed by atoms with Crippen LogP contribution in [0, 0.1) is 33.6 Å². The molecule has 0 spiro atoms. The molecule has 0 bridgehead atoms. The number of nitrogens with zero attached hydrogens (tertiary/aromatic N) is 2. The van der Waals surface area contributed by atoms with Gasteiger partial charge in [0.1, 0.15) is 5.69 Å². The van der Waals surface area contributed by atoms with Gasteiger partial charge in [0, 0.05) is 6.92 Å². The van der Waals surface area contributed by atoms with E-state index in [2.05, 4.69) is 122 Å². The molecule has 0 N–H and O–H groups in total. The molecule has 4 aromatic rings. The summed E-state index contributed by atoms with van der Waals surface area (Å²) < 4.78 is 5.07. The van der Waals surface area contributed by atoms with Gasteiger partial charge in [-0.3, -0.25) is 0 Å². The molecule has 1 fully saturated rings. The molecule has 1 saturated carbocycles. The Morgan fingerprint density at radius 2 is 1.37 bits per heavy atom. The number of hydrogen-bond donors (Lipinski definition) is 0. The maximum absolute atomic E-state index is 2.54. The number of fused-ring (bicyclic) bond motifs is 1. The van der Waals surface area contributed by atoms with Gasteiger partial charge in [-0.15, -0.1) is 0 Å². The first-order chi connectivity index (χ1) is 17.0. The molecule has 3 aromatic carbocycles. The number of aromatic nitrogens is 2. The van der Waals surface area contributed by atoms with Gasteiger partial charge in [-0.2, -0.15) is 9.13 Å². The Hall–Kier alpha value is -3.39. The molecule has 1 unspecified atom stereocenters. The predicted molar refractivity (Wildman–Crippen MR) is 145 cm³/mol. The Balaban J connectivity index is 1.74. The smallest absolute Gasteiger partial charge is 0.198 e. The summed E-state index contributed by atoms with van der Waals surface area (Å²) in [7, 11) is 0. The SMILES string of the molecule is Cc1ccccc1-n1c(C)c2[n+](c1-c1c(C)cccc1C)C=CC2(c1ccccc1)C1CCCC1. The second-order valence-electron chi connectivity index (χ2n) is 10.5. The molecule has 0 saturated heterocycles. The maximum atomic E-state index is 2.54. The third-order valence-corrected chi connectivity index (χ3v) is 8.55. The molecule has 1 atom stereocenters. The molecule has 2 aliphatic rings. The van der Waals surface area contributed by atoms with Crippen LogP contribution in [-0.4, -0.2) is 4.57 Å². The van der Waals surface area contributed by atoms with Gasteiger partial charge in [0.2, 0.25) is 0 Å². The average Bonchev–Trinajstić information content (AvgIpc) is 3.59. The van der Waals surface area contributed by atoms with Crippen molar-refractivity contribution in [1.29, 1.82) is 0 Å². The van der Waals surface area contributed by atoms with Crippen LogP contribution < -0.4 is 4.57 Å². The molecule has 1 aliphatic carbocycles. The number of hydrogen-bond acceptors (Lipinski definition) is 0. The van der Waals surface area contributed by atoms with E-state index in [1.165, 1.54) is 76.4 Å². The summed E-state index contributed by atoms with van der Waals surface area (Å²) in [4.78, 5) is 0. The van der Waals surface area contributed by atoms with Crippen molar-refractivity contribution in [1.82, 2.24) is 4.57 Å². The molecule has 2 heteroatoms. The summed E-state index contributed by atoms with van der Waals surface area (Å²) >= 11 is 0. The van der Waals surface area contributed by atoms with Crippen molar-refractivity contribution >= 4 is 6.20 Å². The first kappa shape index (κ1) is 22.1. The van der Waals surface area contributed by atoms with Crippen molar-refractivity contribution in [3.63, 3.8) is 0 Å². The lowest BCUT2D eigenvalue weighted by Crippen LogP contribution is -2.40. The van der Waals surface area contributed by atoms with Crippen LogP contribution in [-0.2, 0) is 5.41 Å². The van der Waals surface area contributed by atoms with Gasteiger partial charge < -0.3 is 0 Å². The highest BCUT2D eigenvalue weighted by Gasteiger charge is 2.52. The standard InChI is InChI=1S/C33H35N2/c1-23-13-8-11-20-29(23)35-26(4)31-33(28-18-9-10-19-28,27-16-6-5-7-17-27)21-22-34(31)32(35)30-24(2)14-12-15-25(30)3/h5-8,11-17,20-22,28H,9-10,18-19H2,1-4H3/q+1. The maximum Gasteiger partial charge on any atom is 0.299 e. The third-order valence-electron chi connectivity index (χ3n) is 8.55. The van der Waals surface area contributed by atoms with E-state index in [0.717, 1.165) is 0 Å². The summed E-state index contributed by atoms with van der Waals surface area (Å²) in [6.07, 6.45) is 10.1. The Kier molecular flexibility index (Phi) is 5.29. The lowest BCUT2D eigenvalue weighted by atomic mass is 9.67. The number of allylic oxidation sites excluding steroid dienone is 1. The highest BCUT2D eigenvalue weighted by Crippen LogP contribution is 2.51. The van der Waals surface area contributed by atoms with Gasteiger partial charge >= 0.3 is 0 Å². The van der Waals surface area contributed by atoms with E-state index in [0.29, 0.717) is 5.92 Å². The molecule has 1 aliphatic heterocycles. The first-order valence-electron chi connectivity index (χ1n) is 13.1. The van der Waals surface area contributed by atoms with Gasteiger partial charge in [-0.1, -0.05) is 79.6 Å². The summed E-state index contributed by atoms with van der Waals surface area (Å²) in [5, 5.41) is 0. The highest BCUT2D eigenvalue weighted by atomic mass is 15.2. The van der Waals surface area contributed by atoms with Crippen molar-refractivity contribution in [3.8, 4) is 17.1 Å². The molecule has 0 amide bonds. The topological polar surface area (TPSA) is 8.81 Å². The largest absolute Gasteiger partial charge is 0.299 e. The molecule has 0 radical (unpaired) electrons. The third kappa shape index (κ3) is 3.19. The van der Waals surface area contributed by atoms with Gasteiger partial charge in [-0.05, 0) is 73.9 Å². The van der Waals surface area contributed by atoms with Gasteiger partial charge in [0.05, 0.1) is 17.2 Å². The minimum atomic E-state index is -0.0961. The molecule has 2 heterocycles. The number of benzene rings is 3. The zero-order valence-corrected chi connectivity index (χ0v) is 21.4. The lowest BCUT2D eigenvalue weighted by Gasteiger charge is -2.32. The highest BCUT2D eigenvalue weighted by molar-refractivity contribution is 5.68. The Morgan fingerprint density at radius 3 is 2.06 bits per heavy atom. The van der Waals surface area contributed by atoms with Gasteiger partial charge in [0.25, 0.3) is 5.82 Å². The molecule has 35 heavy (non-hydrogen) atoms. The molecular weight excluding hydrogens is 424 g/mol. The Morgan fingerprint density at radius 1 is 0.743 bits per heavy atom. The number of aryl methyl sites for hydroxylation is 3. The van der Waals surface area contributed by atoms with Crippen LogP contribution in [0.3, 0.4) is 0 Å². The van der Waals surface area contributed by atoms with Crippen LogP contribution in [0.4, 0.5) is 0 Å². The summed E-state index contributed by atoms with van der Waals surface area (Å²) in [5.74, 6) is 1.89. The first-order valence-corrected chi connectivity index (χ1v) is 13.1. The number of imidazole rings is 1. The molecule has 1 aromatic heterocycles. The van der Waals surface area contributed by atoms with Crippen LogP contribution >= 0.6 is 0 Å². The summed E-state index contributed by atoms with van der Waals surface area (Å²) in [6, 6.07) is 26.8. The van der Waals surface area contributed by atoms with Crippen LogP contribution in [0.25, 0.3) is 23.3 Å². The average molecular weight is 460 g/mol. The second kappa shape index (κ2) is 8.37. The van der Waals surface area contributed by atoms with Crippen molar-refractivity contribution in [2.24, 2.45) is 5.92 Å². The molecule has 2 nitrogen and oxygen atoms in total. The van der Waals surface area contributed by atoms with E-state index < -0.39 is 0 Å². The van der Waals surface area contributed by atoms with E-state index >= 15 is 0 Å². The fourth-order valence-electron chi connectivity index (χ4n) is 6.97. The van der Waals surface area contributed by atoms with Crippen LogP contribution in [0.2, 0.25) is 0 Å². The summed E-state index contributed by atoms with van der Waals surface area (Å²) in [6.45, 7) is 9.07. The predicted octanol–water partition coefficient (Wildman–Crippen LogP) is 7.63. The number of rotatable bonds is 4. The molecule has 176 valence electrons. The van der Waals surface area contributed by atoms with E-state index in [1.807, 2.05) is 0 Å². The summed E-state index contributed by atoms with van der Waals surface area (Å²) in [5.41, 5.74) is 10.7. The molecule has 6 rings (SSSR count). The van der Waals surface area contributed by atoms with E-state index in [4.69, 9.17) is 0 Å². The van der Waals surface area contributed by atoms with Crippen LogP contribution in [0.15, 0.2) is 78.9 Å². The molecular formula is C33H35N2+. The van der Waals surface area contributed by atoms with Crippen LogP contribution in [0.5, 0.6) is 0 Å². The zero-order chi connectivity index (χ0) is 24.2. The van der Waals surface area contributed by atoms with Gasteiger partial charge in [-0.25, -0.2) is 0 Å². The van der Waals surface area contributed by atoms with Crippen molar-refractivity contribution in [3.05, 3.63) is 113 Å². The Bertz CT molecular complexity index is 1410. The minimum absolute atomic E-state index is 0.0961. The fourth-order valence-corrected chi connectivity index (χ4v) is 6.97. The lowest BCUT2D eigenvalue weighted by molar-refractivity contribution is -0.561. The quantitative estimate of drug-likeness (QED) is 0.277. The minimum Gasteiger partial charge on any atom is -0.198 e. The Labute approximate surface area is 209 Å². The van der Waals surface area contributed by atoms with E-state index in [1.54, 1.807) is 0 Å². The van der Waals surface area contributed by atoms with Gasteiger partial charge in [0.15, 0.2) is 11.4 Å². The van der Waals surface area contributed by atoms with Crippen LogP contribution in [0.1, 0.15) is 59.3 Å².